The molecule has 1 heterocycles. The number of ether oxygens (including phenoxy) is 2. The first-order chi connectivity index (χ1) is 19.1. The van der Waals surface area contributed by atoms with E-state index in [-0.39, 0.29) is 5.91 Å². The molecule has 0 spiro atoms. The van der Waals surface area contributed by atoms with Crippen LogP contribution in [-0.2, 0) is 0 Å². The number of halogens is 1. The van der Waals surface area contributed by atoms with Crippen molar-refractivity contribution in [3.05, 3.63) is 88.3 Å². The molecule has 7 nitrogen and oxygen atoms in total. The zero-order valence-electron chi connectivity index (χ0n) is 21.9. The molecule has 0 bridgehead atoms. The number of amides is 1. The van der Waals surface area contributed by atoms with Gasteiger partial charge < -0.3 is 14.8 Å². The number of nitrogens with zero attached hydrogens (tertiary/aromatic N) is 2. The fraction of sp³-hybridized carbons (Fsp3) is 0.233. The van der Waals surface area contributed by atoms with E-state index in [2.05, 4.69) is 27.8 Å². The lowest BCUT2D eigenvalue weighted by atomic mass is 10.1. The van der Waals surface area contributed by atoms with Crippen LogP contribution >= 0.6 is 22.9 Å². The molecule has 0 aliphatic heterocycles. The van der Waals surface area contributed by atoms with E-state index in [1.165, 1.54) is 30.4 Å². The number of unbranched alkanes of at least 4 members (excludes halogenated alkanes) is 3. The van der Waals surface area contributed by atoms with Crippen LogP contribution < -0.4 is 20.2 Å². The Hall–Kier alpha value is -3.88. The van der Waals surface area contributed by atoms with Crippen LogP contribution in [0.1, 0.15) is 48.5 Å². The molecule has 0 saturated heterocycles. The van der Waals surface area contributed by atoms with E-state index in [9.17, 15) is 4.79 Å². The van der Waals surface area contributed by atoms with Crippen molar-refractivity contribution in [3.8, 4) is 22.8 Å². The minimum atomic E-state index is -0.326. The first-order valence-electron chi connectivity index (χ1n) is 12.8. The number of hydrogen-bond acceptors (Lipinski definition) is 7. The number of anilines is 2. The number of carbonyl (C=O) groups excluding carboxylic acids is 1. The summed E-state index contributed by atoms with van der Waals surface area (Å²) in [5.74, 6) is 0.707. The molecule has 0 fully saturated rings. The molecule has 3 aromatic carbocycles. The summed E-state index contributed by atoms with van der Waals surface area (Å²) in [6, 6.07) is 20.6. The van der Waals surface area contributed by atoms with Gasteiger partial charge in [0.05, 0.1) is 30.6 Å². The van der Waals surface area contributed by atoms with Gasteiger partial charge in [0, 0.05) is 22.2 Å². The Morgan fingerprint density at radius 3 is 2.62 bits per heavy atom. The van der Waals surface area contributed by atoms with Gasteiger partial charge in [-0.15, -0.1) is 11.3 Å². The molecule has 4 rings (SSSR count). The van der Waals surface area contributed by atoms with Gasteiger partial charge in [-0.3, -0.25) is 4.79 Å². The maximum Gasteiger partial charge on any atom is 0.271 e. The molecule has 0 aliphatic carbocycles. The molecule has 0 atom stereocenters. The van der Waals surface area contributed by atoms with Crippen molar-refractivity contribution >= 4 is 45.9 Å². The largest absolute Gasteiger partial charge is 0.493 e. The number of nitrogens with one attached hydrogen (secondary N) is 2. The number of hydrogen-bond donors (Lipinski definition) is 2. The second-order valence-electron chi connectivity index (χ2n) is 8.75. The van der Waals surface area contributed by atoms with Gasteiger partial charge in [-0.25, -0.2) is 10.4 Å². The van der Waals surface area contributed by atoms with Crippen LogP contribution in [0.2, 0.25) is 5.02 Å². The number of hydrazone groups is 1. The summed E-state index contributed by atoms with van der Waals surface area (Å²) in [6.07, 6.45) is 5.93. The van der Waals surface area contributed by atoms with Gasteiger partial charge in [0.1, 0.15) is 0 Å². The minimum absolute atomic E-state index is 0.326. The third kappa shape index (κ3) is 8.05. The maximum absolute atomic E-state index is 12.6. The minimum Gasteiger partial charge on any atom is -0.493 e. The molecule has 0 radical (unpaired) electrons. The van der Waals surface area contributed by atoms with E-state index in [4.69, 9.17) is 21.1 Å². The first-order valence-corrected chi connectivity index (χ1v) is 14.0. The summed E-state index contributed by atoms with van der Waals surface area (Å²) in [5, 5.41) is 10.6. The number of para-hydroxylation sites is 1. The van der Waals surface area contributed by atoms with Gasteiger partial charge in [-0.05, 0) is 48.4 Å². The van der Waals surface area contributed by atoms with Crippen molar-refractivity contribution in [2.24, 2.45) is 5.10 Å². The molecule has 9 heteroatoms. The molecular formula is C30H31ClN4O3S. The number of methoxy groups -OCH3 is 1. The molecular weight excluding hydrogens is 532 g/mol. The quantitative estimate of drug-likeness (QED) is 0.0981. The molecule has 4 aromatic rings. The lowest BCUT2D eigenvalue weighted by Gasteiger charge is -2.13. The number of thiazole rings is 1. The molecule has 202 valence electrons. The van der Waals surface area contributed by atoms with Crippen LogP contribution in [0.4, 0.5) is 10.8 Å². The van der Waals surface area contributed by atoms with Crippen molar-refractivity contribution in [3.63, 3.8) is 0 Å². The molecule has 0 unspecified atom stereocenters. The Kier molecular flexibility index (Phi) is 10.3. The molecule has 39 heavy (non-hydrogen) atoms. The number of aromatic nitrogens is 1. The fourth-order valence-electron chi connectivity index (χ4n) is 3.79. The first kappa shape index (κ1) is 28.1. The van der Waals surface area contributed by atoms with Crippen molar-refractivity contribution in [1.29, 1.82) is 0 Å². The lowest BCUT2D eigenvalue weighted by molar-refractivity contribution is 0.0955. The van der Waals surface area contributed by atoms with Gasteiger partial charge in [-0.1, -0.05) is 68.1 Å². The standard InChI is InChI=1S/C30H31ClN4O3S/c1-3-4-5-9-16-38-28-25(31)17-21(18-27(28)37-2)19-32-35-29(36)23-14-12-22(13-15-23)26-20-39-30(34-26)33-24-10-7-6-8-11-24/h6-8,10-15,17-20H,3-5,9,16H2,1-2H3,(H,33,34)(H,35,36)/b32-19+. The van der Waals surface area contributed by atoms with Crippen molar-refractivity contribution in [2.75, 3.05) is 19.0 Å². The summed E-state index contributed by atoms with van der Waals surface area (Å²) < 4.78 is 11.3. The topological polar surface area (TPSA) is 84.8 Å². The summed E-state index contributed by atoms with van der Waals surface area (Å²) in [7, 11) is 1.56. The Morgan fingerprint density at radius 2 is 1.87 bits per heavy atom. The maximum atomic E-state index is 12.6. The molecule has 0 aliphatic rings. The van der Waals surface area contributed by atoms with Gasteiger partial charge in [0.25, 0.3) is 5.91 Å². The van der Waals surface area contributed by atoms with Crippen molar-refractivity contribution in [1.82, 2.24) is 10.4 Å². The number of benzene rings is 3. The average molecular weight is 563 g/mol. The predicted molar refractivity (Wildman–Crippen MR) is 160 cm³/mol. The van der Waals surface area contributed by atoms with Crippen LogP contribution in [0, 0.1) is 0 Å². The van der Waals surface area contributed by atoms with E-state index in [0.29, 0.717) is 34.3 Å². The molecule has 0 saturated carbocycles. The van der Waals surface area contributed by atoms with Crippen LogP contribution in [0.25, 0.3) is 11.3 Å². The van der Waals surface area contributed by atoms with E-state index >= 15 is 0 Å². The second kappa shape index (κ2) is 14.3. The van der Waals surface area contributed by atoms with E-state index in [0.717, 1.165) is 34.9 Å². The third-order valence-corrected chi connectivity index (χ3v) is 6.89. The second-order valence-corrected chi connectivity index (χ2v) is 10.0. The monoisotopic (exact) mass is 562 g/mol. The van der Waals surface area contributed by atoms with Crippen LogP contribution in [-0.4, -0.2) is 30.8 Å². The molecule has 1 amide bonds. The van der Waals surface area contributed by atoms with Crippen molar-refractivity contribution < 1.29 is 14.3 Å². The van der Waals surface area contributed by atoms with E-state index in [1.54, 1.807) is 31.4 Å². The van der Waals surface area contributed by atoms with Crippen LogP contribution in [0.5, 0.6) is 11.5 Å². The Morgan fingerprint density at radius 1 is 1.08 bits per heavy atom. The molecule has 1 aromatic heterocycles. The Bertz CT molecular complexity index is 1390. The predicted octanol–water partition coefficient (Wildman–Crippen LogP) is 7.94. The fourth-order valence-corrected chi connectivity index (χ4v) is 4.80. The highest BCUT2D eigenvalue weighted by molar-refractivity contribution is 7.14. The van der Waals surface area contributed by atoms with Gasteiger partial charge >= 0.3 is 0 Å². The number of rotatable bonds is 13. The van der Waals surface area contributed by atoms with Crippen LogP contribution in [0.15, 0.2) is 77.2 Å². The SMILES string of the molecule is CCCCCCOc1c(Cl)cc(/C=N/NC(=O)c2ccc(-c3csc(Nc4ccccc4)n3)cc2)cc1OC. The van der Waals surface area contributed by atoms with Crippen LogP contribution in [0.3, 0.4) is 0 Å². The number of carbonyl (C=O) groups is 1. The summed E-state index contributed by atoms with van der Waals surface area (Å²) in [5.41, 5.74) is 6.45. The highest BCUT2D eigenvalue weighted by atomic mass is 35.5. The zero-order valence-corrected chi connectivity index (χ0v) is 23.5. The zero-order chi connectivity index (χ0) is 27.5. The summed E-state index contributed by atoms with van der Waals surface area (Å²) in [6.45, 7) is 2.75. The summed E-state index contributed by atoms with van der Waals surface area (Å²) in [4.78, 5) is 17.3. The highest BCUT2D eigenvalue weighted by Gasteiger charge is 2.12. The average Bonchev–Trinajstić information content (AvgIpc) is 3.42. The lowest BCUT2D eigenvalue weighted by Crippen LogP contribution is -2.17. The molecule has 2 N–H and O–H groups in total. The smallest absolute Gasteiger partial charge is 0.271 e. The van der Waals surface area contributed by atoms with E-state index in [1.807, 2.05) is 47.8 Å². The normalized spacial score (nSPS) is 10.9. The third-order valence-electron chi connectivity index (χ3n) is 5.85. The highest BCUT2D eigenvalue weighted by Crippen LogP contribution is 2.36. The summed E-state index contributed by atoms with van der Waals surface area (Å²) >= 11 is 7.96. The van der Waals surface area contributed by atoms with Crippen molar-refractivity contribution in [2.45, 2.75) is 32.6 Å². The van der Waals surface area contributed by atoms with E-state index < -0.39 is 0 Å². The Balaban J connectivity index is 1.33. The van der Waals surface area contributed by atoms with Gasteiger partial charge in [-0.2, -0.15) is 5.10 Å². The van der Waals surface area contributed by atoms with Gasteiger partial charge in [0.2, 0.25) is 0 Å². The Labute approximate surface area is 237 Å². The van der Waals surface area contributed by atoms with Gasteiger partial charge in [0.15, 0.2) is 16.6 Å².